The lowest BCUT2D eigenvalue weighted by Gasteiger charge is -2.16. The standard InChI is InChI=1S/C19H20ClN3O3S/c1-14-18(19(20)23(21-14)16-7-5-4-6-8-16)13-26-17-11-9-15(10-12-17)22(2)27(3,24)25/h4-12H,13H2,1-3H3. The monoisotopic (exact) mass is 405 g/mol. The molecule has 0 aliphatic carbocycles. The Balaban J connectivity index is 1.75. The molecule has 0 saturated heterocycles. The van der Waals surface area contributed by atoms with Crippen molar-refractivity contribution in [3.63, 3.8) is 0 Å². The lowest BCUT2D eigenvalue weighted by Crippen LogP contribution is -2.24. The van der Waals surface area contributed by atoms with E-state index in [4.69, 9.17) is 16.3 Å². The Labute approximate surface area is 164 Å². The predicted octanol–water partition coefficient (Wildman–Crippen LogP) is 3.81. The largest absolute Gasteiger partial charge is 0.489 e. The molecule has 8 heteroatoms. The van der Waals surface area contributed by atoms with E-state index in [1.165, 1.54) is 11.4 Å². The maximum atomic E-state index is 11.6. The van der Waals surface area contributed by atoms with Crippen molar-refractivity contribution in [3.8, 4) is 11.4 Å². The van der Waals surface area contributed by atoms with Gasteiger partial charge in [0, 0.05) is 12.6 Å². The number of hydrogen-bond acceptors (Lipinski definition) is 4. The molecule has 1 aromatic heterocycles. The molecule has 2 aromatic carbocycles. The van der Waals surface area contributed by atoms with E-state index in [2.05, 4.69) is 5.10 Å². The molecule has 0 atom stereocenters. The van der Waals surface area contributed by atoms with Crippen molar-refractivity contribution < 1.29 is 13.2 Å². The van der Waals surface area contributed by atoms with Gasteiger partial charge in [-0.05, 0) is 43.3 Å². The van der Waals surface area contributed by atoms with Crippen molar-refractivity contribution in [2.24, 2.45) is 0 Å². The summed E-state index contributed by atoms with van der Waals surface area (Å²) in [5.41, 5.74) is 3.04. The lowest BCUT2D eigenvalue weighted by atomic mass is 10.2. The van der Waals surface area contributed by atoms with Crippen LogP contribution in [-0.4, -0.2) is 31.5 Å². The minimum atomic E-state index is -3.29. The van der Waals surface area contributed by atoms with Crippen molar-refractivity contribution >= 4 is 27.3 Å². The van der Waals surface area contributed by atoms with E-state index in [9.17, 15) is 8.42 Å². The van der Waals surface area contributed by atoms with Crippen molar-refractivity contribution in [1.82, 2.24) is 9.78 Å². The molecule has 27 heavy (non-hydrogen) atoms. The summed E-state index contributed by atoms with van der Waals surface area (Å²) in [5.74, 6) is 0.614. The van der Waals surface area contributed by atoms with Crippen LogP contribution in [0.5, 0.6) is 5.75 Å². The second-order valence-corrected chi connectivity index (χ2v) is 8.49. The van der Waals surface area contributed by atoms with Crippen LogP contribution < -0.4 is 9.04 Å². The van der Waals surface area contributed by atoms with Crippen LogP contribution >= 0.6 is 11.6 Å². The van der Waals surface area contributed by atoms with E-state index in [0.29, 0.717) is 16.6 Å². The molecule has 0 aliphatic heterocycles. The smallest absolute Gasteiger partial charge is 0.231 e. The molecule has 0 radical (unpaired) electrons. The summed E-state index contributed by atoms with van der Waals surface area (Å²) in [4.78, 5) is 0. The van der Waals surface area contributed by atoms with Gasteiger partial charge in [-0.25, -0.2) is 13.1 Å². The predicted molar refractivity (Wildman–Crippen MR) is 107 cm³/mol. The fourth-order valence-electron chi connectivity index (χ4n) is 2.53. The van der Waals surface area contributed by atoms with Crippen LogP contribution in [0, 0.1) is 6.92 Å². The van der Waals surface area contributed by atoms with Gasteiger partial charge in [-0.1, -0.05) is 29.8 Å². The SMILES string of the molecule is Cc1nn(-c2ccccc2)c(Cl)c1COc1ccc(N(C)S(C)(=O)=O)cc1. The van der Waals surface area contributed by atoms with Crippen molar-refractivity contribution in [2.75, 3.05) is 17.6 Å². The van der Waals surface area contributed by atoms with E-state index in [-0.39, 0.29) is 6.61 Å². The van der Waals surface area contributed by atoms with E-state index in [1.54, 1.807) is 28.9 Å². The third-order valence-corrected chi connectivity index (χ3v) is 5.80. The van der Waals surface area contributed by atoms with Gasteiger partial charge in [-0.3, -0.25) is 4.31 Å². The summed E-state index contributed by atoms with van der Waals surface area (Å²) in [6, 6.07) is 16.5. The Bertz CT molecular complexity index is 1030. The Morgan fingerprint density at radius 2 is 1.74 bits per heavy atom. The zero-order valence-electron chi connectivity index (χ0n) is 15.3. The highest BCUT2D eigenvalue weighted by Crippen LogP contribution is 2.26. The van der Waals surface area contributed by atoms with Gasteiger partial charge in [0.25, 0.3) is 0 Å². The van der Waals surface area contributed by atoms with Crippen LogP contribution in [0.25, 0.3) is 5.69 Å². The molecule has 3 aromatic rings. The fourth-order valence-corrected chi connectivity index (χ4v) is 3.37. The van der Waals surface area contributed by atoms with Gasteiger partial charge in [-0.15, -0.1) is 0 Å². The zero-order chi connectivity index (χ0) is 19.6. The van der Waals surface area contributed by atoms with E-state index in [0.717, 1.165) is 23.2 Å². The summed E-state index contributed by atoms with van der Waals surface area (Å²) in [7, 11) is -1.79. The third-order valence-electron chi connectivity index (χ3n) is 4.20. The summed E-state index contributed by atoms with van der Waals surface area (Å²) in [6.07, 6.45) is 1.16. The van der Waals surface area contributed by atoms with Crippen LogP contribution in [0.2, 0.25) is 5.15 Å². The molecular weight excluding hydrogens is 386 g/mol. The molecule has 3 rings (SSSR count). The number of benzene rings is 2. The Morgan fingerprint density at radius 1 is 1.11 bits per heavy atom. The first kappa shape index (κ1) is 19.3. The normalized spacial score (nSPS) is 11.4. The van der Waals surface area contributed by atoms with Crippen LogP contribution in [0.3, 0.4) is 0 Å². The first-order chi connectivity index (χ1) is 12.8. The molecule has 1 heterocycles. The molecule has 142 valence electrons. The number of ether oxygens (including phenoxy) is 1. The highest BCUT2D eigenvalue weighted by Gasteiger charge is 2.16. The number of anilines is 1. The van der Waals surface area contributed by atoms with Gasteiger partial charge in [0.15, 0.2) is 0 Å². The molecule has 0 fully saturated rings. The van der Waals surface area contributed by atoms with Crippen LogP contribution in [0.15, 0.2) is 54.6 Å². The summed E-state index contributed by atoms with van der Waals surface area (Å²) in [6.45, 7) is 2.15. The average molecular weight is 406 g/mol. The van der Waals surface area contributed by atoms with Crippen molar-refractivity contribution in [3.05, 3.63) is 71.0 Å². The first-order valence-electron chi connectivity index (χ1n) is 8.23. The minimum absolute atomic E-state index is 0.263. The highest BCUT2D eigenvalue weighted by molar-refractivity contribution is 7.92. The summed E-state index contributed by atoms with van der Waals surface area (Å²) >= 11 is 6.49. The number of para-hydroxylation sites is 1. The second kappa shape index (κ2) is 7.62. The maximum Gasteiger partial charge on any atom is 0.231 e. The third kappa shape index (κ3) is 4.26. The number of nitrogens with zero attached hydrogens (tertiary/aromatic N) is 3. The maximum absolute atomic E-state index is 11.6. The highest BCUT2D eigenvalue weighted by atomic mass is 35.5. The van der Waals surface area contributed by atoms with Gasteiger partial charge < -0.3 is 4.74 Å². The number of aryl methyl sites for hydroxylation is 1. The molecule has 0 saturated carbocycles. The average Bonchev–Trinajstić information content (AvgIpc) is 2.94. The van der Waals surface area contributed by atoms with Crippen LogP contribution in [-0.2, 0) is 16.6 Å². The molecule has 0 amide bonds. The second-order valence-electron chi connectivity index (χ2n) is 6.12. The summed E-state index contributed by atoms with van der Waals surface area (Å²) < 4.78 is 31.9. The van der Waals surface area contributed by atoms with Gasteiger partial charge in [0.2, 0.25) is 10.0 Å². The fraction of sp³-hybridized carbons (Fsp3) is 0.211. The molecule has 6 nitrogen and oxygen atoms in total. The van der Waals surface area contributed by atoms with Gasteiger partial charge in [0.1, 0.15) is 17.5 Å². The van der Waals surface area contributed by atoms with Crippen LogP contribution in [0.4, 0.5) is 5.69 Å². The van der Waals surface area contributed by atoms with Crippen molar-refractivity contribution in [2.45, 2.75) is 13.5 Å². The summed E-state index contributed by atoms with van der Waals surface area (Å²) in [5, 5.41) is 5.00. The van der Waals surface area contributed by atoms with Crippen LogP contribution in [0.1, 0.15) is 11.3 Å². The molecule has 0 N–H and O–H groups in total. The number of sulfonamides is 1. The molecular formula is C19H20ClN3O3S. The molecule has 0 spiro atoms. The van der Waals surface area contributed by atoms with Gasteiger partial charge >= 0.3 is 0 Å². The minimum Gasteiger partial charge on any atom is -0.489 e. The van der Waals surface area contributed by atoms with Gasteiger partial charge in [0.05, 0.1) is 23.3 Å². The molecule has 0 bridgehead atoms. The number of aromatic nitrogens is 2. The lowest BCUT2D eigenvalue weighted by molar-refractivity contribution is 0.305. The number of rotatable bonds is 6. The first-order valence-corrected chi connectivity index (χ1v) is 10.5. The van der Waals surface area contributed by atoms with Crippen molar-refractivity contribution in [1.29, 1.82) is 0 Å². The Morgan fingerprint density at radius 3 is 2.33 bits per heavy atom. The molecule has 0 aliphatic rings. The number of halogens is 1. The van der Waals surface area contributed by atoms with Gasteiger partial charge in [-0.2, -0.15) is 5.10 Å². The zero-order valence-corrected chi connectivity index (χ0v) is 16.8. The van der Waals surface area contributed by atoms with E-state index < -0.39 is 10.0 Å². The Hall–Kier alpha value is -2.51. The quantitative estimate of drug-likeness (QED) is 0.625. The topological polar surface area (TPSA) is 64.4 Å². The molecule has 0 unspecified atom stereocenters. The van der Waals surface area contributed by atoms with E-state index in [1.807, 2.05) is 37.3 Å². The Kier molecular flexibility index (Phi) is 5.43. The van der Waals surface area contributed by atoms with E-state index >= 15 is 0 Å². The number of hydrogen-bond donors (Lipinski definition) is 0.